The van der Waals surface area contributed by atoms with Gasteiger partial charge in [-0.3, -0.25) is 4.79 Å². The lowest BCUT2D eigenvalue weighted by atomic mass is 9.88. The predicted octanol–water partition coefficient (Wildman–Crippen LogP) is -0.0395. The summed E-state index contributed by atoms with van der Waals surface area (Å²) < 4.78 is 0.971. The molecule has 0 aromatic heterocycles. The van der Waals surface area contributed by atoms with E-state index >= 15 is 0 Å². The molecule has 0 radical (unpaired) electrons. The molecule has 0 amide bonds. The quantitative estimate of drug-likeness (QED) is 0.533. The Bertz CT molecular complexity index is 253. The number of likely N-dealkylation sites (tertiary alicyclic amines) is 1. The van der Waals surface area contributed by atoms with E-state index in [2.05, 4.69) is 27.9 Å². The zero-order valence-corrected chi connectivity index (χ0v) is 10.3. The minimum atomic E-state index is -1.08. The molecule has 0 spiro atoms. The molecule has 1 saturated heterocycles. The van der Waals surface area contributed by atoms with Crippen LogP contribution in [0.2, 0.25) is 0 Å². The second kappa shape index (κ2) is 4.75. The normalized spacial score (nSPS) is 22.6. The molecule has 0 N–H and O–H groups in total. The van der Waals surface area contributed by atoms with Crippen LogP contribution < -0.4 is 5.11 Å². The van der Waals surface area contributed by atoms with Gasteiger partial charge in [-0.15, -0.1) is 0 Å². The van der Waals surface area contributed by atoms with Crippen molar-refractivity contribution in [1.29, 1.82) is 0 Å². The Morgan fingerprint density at radius 2 is 1.80 bits per heavy atom. The van der Waals surface area contributed by atoms with E-state index < -0.39 is 5.97 Å². The highest BCUT2D eigenvalue weighted by Crippen LogP contribution is 2.29. The molecule has 0 bridgehead atoms. The molecule has 88 valence electrons. The summed E-state index contributed by atoms with van der Waals surface area (Å²) in [6, 6.07) is 0. The lowest BCUT2D eigenvalue weighted by molar-refractivity contribution is -0.939. The second-order valence-electron chi connectivity index (χ2n) is 5.18. The van der Waals surface area contributed by atoms with Gasteiger partial charge in [0.25, 0.3) is 0 Å². The number of carbonyl (C=O) groups excluding carboxylic acids is 2. The van der Waals surface area contributed by atoms with Crippen molar-refractivity contribution in [3.63, 3.8) is 0 Å². The number of rotatable bonds is 0. The van der Waals surface area contributed by atoms with Gasteiger partial charge in [0.05, 0.1) is 33.5 Å². The van der Waals surface area contributed by atoms with Crippen LogP contribution in [0.4, 0.5) is 0 Å². The average Bonchev–Trinajstić information content (AvgIpc) is 1.96. The van der Waals surface area contributed by atoms with Gasteiger partial charge in [0, 0.05) is 5.97 Å². The number of carboxylic acid groups (broad SMARTS) is 1. The van der Waals surface area contributed by atoms with E-state index in [0.717, 1.165) is 30.8 Å². The highest BCUT2D eigenvalue weighted by atomic mass is 16.4. The Hall–Kier alpha value is -0.900. The SMILES string of the molecule is CC(=O)[O-].CC1(C)CC(=O)CC[N+]1(C)C. The third kappa shape index (κ3) is 4.42. The van der Waals surface area contributed by atoms with Gasteiger partial charge in [-0.1, -0.05) is 0 Å². The van der Waals surface area contributed by atoms with E-state index in [9.17, 15) is 4.79 Å². The van der Waals surface area contributed by atoms with Crippen molar-refractivity contribution in [2.45, 2.75) is 39.2 Å². The van der Waals surface area contributed by atoms with Crippen molar-refractivity contribution in [1.82, 2.24) is 0 Å². The number of carboxylic acids is 1. The number of piperidine rings is 1. The van der Waals surface area contributed by atoms with Gasteiger partial charge in [0.2, 0.25) is 0 Å². The van der Waals surface area contributed by atoms with Gasteiger partial charge in [0.1, 0.15) is 11.3 Å². The van der Waals surface area contributed by atoms with Gasteiger partial charge in [-0.05, 0) is 20.8 Å². The fraction of sp³-hybridized carbons (Fsp3) is 0.818. The van der Waals surface area contributed by atoms with Crippen LogP contribution in [0, 0.1) is 0 Å². The molecule has 0 aromatic rings. The number of ketones is 1. The maximum Gasteiger partial charge on any atom is 0.144 e. The Morgan fingerprint density at radius 1 is 1.40 bits per heavy atom. The van der Waals surface area contributed by atoms with Crippen molar-refractivity contribution in [3.05, 3.63) is 0 Å². The minimum absolute atomic E-state index is 0.134. The Kier molecular flexibility index (Phi) is 4.46. The lowest BCUT2D eigenvalue weighted by Gasteiger charge is -2.47. The monoisotopic (exact) mass is 215 g/mol. The number of carbonyl (C=O) groups is 2. The molecule has 1 heterocycles. The summed E-state index contributed by atoms with van der Waals surface area (Å²) >= 11 is 0. The number of aliphatic carboxylic acids is 1. The van der Waals surface area contributed by atoms with Gasteiger partial charge in [-0.25, -0.2) is 0 Å². The van der Waals surface area contributed by atoms with Gasteiger partial charge in [0.15, 0.2) is 0 Å². The third-order valence-electron chi connectivity index (χ3n) is 3.22. The zero-order chi connectivity index (χ0) is 12.3. The van der Waals surface area contributed by atoms with E-state index in [1.165, 1.54) is 0 Å². The third-order valence-corrected chi connectivity index (χ3v) is 3.22. The van der Waals surface area contributed by atoms with Crippen LogP contribution in [0.3, 0.4) is 0 Å². The van der Waals surface area contributed by atoms with Crippen molar-refractivity contribution < 1.29 is 19.2 Å². The van der Waals surface area contributed by atoms with Crippen LogP contribution in [0.15, 0.2) is 0 Å². The average molecular weight is 215 g/mol. The molecule has 1 rings (SSSR count). The fourth-order valence-electron chi connectivity index (χ4n) is 1.49. The standard InChI is InChI=1S/C9H18NO.C2H4O2/c1-9(2)7-8(11)5-6-10(9,3)4;1-2(3)4/h5-7H2,1-4H3;1H3,(H,3,4)/q+1;/p-1. The lowest BCUT2D eigenvalue weighted by Crippen LogP contribution is -2.60. The predicted molar refractivity (Wildman–Crippen MR) is 56.0 cm³/mol. The van der Waals surface area contributed by atoms with Crippen LogP contribution >= 0.6 is 0 Å². The molecule has 1 fully saturated rings. The van der Waals surface area contributed by atoms with Gasteiger partial charge in [-0.2, -0.15) is 0 Å². The summed E-state index contributed by atoms with van der Waals surface area (Å²) in [6.07, 6.45) is 1.50. The highest BCUT2D eigenvalue weighted by Gasteiger charge is 2.42. The van der Waals surface area contributed by atoms with Crippen molar-refractivity contribution in [2.75, 3.05) is 20.6 Å². The summed E-state index contributed by atoms with van der Waals surface area (Å²) in [6.45, 7) is 6.31. The van der Waals surface area contributed by atoms with E-state index in [-0.39, 0.29) is 5.54 Å². The van der Waals surface area contributed by atoms with Crippen LogP contribution in [0.5, 0.6) is 0 Å². The number of hydrogen-bond donors (Lipinski definition) is 0. The maximum atomic E-state index is 11.2. The fourth-order valence-corrected chi connectivity index (χ4v) is 1.49. The maximum absolute atomic E-state index is 11.2. The van der Waals surface area contributed by atoms with Gasteiger partial charge >= 0.3 is 0 Å². The molecule has 0 atom stereocenters. The first-order chi connectivity index (χ1) is 6.58. The molecule has 4 nitrogen and oxygen atoms in total. The summed E-state index contributed by atoms with van der Waals surface area (Å²) in [5.74, 6) is -0.660. The minimum Gasteiger partial charge on any atom is -0.550 e. The highest BCUT2D eigenvalue weighted by molar-refractivity contribution is 5.80. The number of hydrogen-bond acceptors (Lipinski definition) is 3. The summed E-state index contributed by atoms with van der Waals surface area (Å²) in [7, 11) is 4.40. The van der Waals surface area contributed by atoms with E-state index in [4.69, 9.17) is 9.90 Å². The smallest absolute Gasteiger partial charge is 0.144 e. The first-order valence-corrected chi connectivity index (χ1v) is 5.11. The second-order valence-corrected chi connectivity index (χ2v) is 5.18. The number of nitrogens with zero attached hydrogens (tertiary/aromatic N) is 1. The first-order valence-electron chi connectivity index (χ1n) is 5.11. The molecule has 0 saturated carbocycles. The molecule has 1 aliphatic heterocycles. The Labute approximate surface area is 91.5 Å². The molecule has 1 aliphatic rings. The van der Waals surface area contributed by atoms with Crippen LogP contribution in [-0.2, 0) is 9.59 Å². The topological polar surface area (TPSA) is 57.2 Å². The summed E-state index contributed by atoms with van der Waals surface area (Å²) in [5.41, 5.74) is 0.134. The zero-order valence-electron chi connectivity index (χ0n) is 10.3. The first kappa shape index (κ1) is 14.1. The largest absolute Gasteiger partial charge is 0.550 e. The van der Waals surface area contributed by atoms with Crippen LogP contribution in [0.25, 0.3) is 0 Å². The molecular formula is C11H21NO3. The van der Waals surface area contributed by atoms with E-state index in [1.54, 1.807) is 0 Å². The van der Waals surface area contributed by atoms with Crippen LogP contribution in [0.1, 0.15) is 33.6 Å². The van der Waals surface area contributed by atoms with Crippen molar-refractivity contribution in [2.24, 2.45) is 0 Å². The Balaban J connectivity index is 0.000000423. The summed E-state index contributed by atoms with van der Waals surface area (Å²) in [4.78, 5) is 20.0. The number of quaternary nitrogens is 1. The summed E-state index contributed by atoms with van der Waals surface area (Å²) in [5, 5.41) is 8.89. The Morgan fingerprint density at radius 3 is 2.07 bits per heavy atom. The van der Waals surface area contributed by atoms with Crippen LogP contribution in [-0.4, -0.2) is 42.4 Å². The van der Waals surface area contributed by atoms with E-state index in [0.29, 0.717) is 5.78 Å². The molecular weight excluding hydrogens is 194 g/mol. The molecule has 0 unspecified atom stereocenters. The van der Waals surface area contributed by atoms with Gasteiger partial charge < -0.3 is 14.4 Å². The molecule has 15 heavy (non-hydrogen) atoms. The molecule has 0 aromatic carbocycles. The van der Waals surface area contributed by atoms with E-state index in [1.807, 2.05) is 0 Å². The molecule has 4 heteroatoms. The van der Waals surface area contributed by atoms with Crippen molar-refractivity contribution in [3.8, 4) is 0 Å². The number of Topliss-reactive ketones (excluding diaryl/α,β-unsaturated/α-hetero) is 1. The molecule has 0 aliphatic carbocycles. The van der Waals surface area contributed by atoms with Crippen molar-refractivity contribution >= 4 is 11.8 Å².